The lowest BCUT2D eigenvalue weighted by molar-refractivity contribution is -0.120. The summed E-state index contributed by atoms with van der Waals surface area (Å²) in [6, 6.07) is 0.257. The molecule has 2 unspecified atom stereocenters. The lowest BCUT2D eigenvalue weighted by Crippen LogP contribution is -2.50. The molecule has 1 saturated heterocycles. The predicted octanol–water partition coefficient (Wildman–Crippen LogP) is 0.215. The fourth-order valence-corrected chi connectivity index (χ4v) is 2.34. The van der Waals surface area contributed by atoms with Gasteiger partial charge in [0, 0.05) is 32.7 Å². The zero-order chi connectivity index (χ0) is 11.3. The van der Waals surface area contributed by atoms with Gasteiger partial charge in [0.05, 0.1) is 0 Å². The van der Waals surface area contributed by atoms with Crippen molar-refractivity contribution in [1.29, 1.82) is 0 Å². The Kier molecular flexibility index (Phi) is 5.05. The molecule has 1 heterocycles. The molecule has 0 aromatic carbocycles. The number of amides is 1. The first-order valence-corrected chi connectivity index (χ1v) is 5.76. The number of likely N-dealkylation sites (N-methyl/N-ethyl adjacent to an activating group) is 1. The third-order valence-corrected chi connectivity index (χ3v) is 3.00. The molecule has 0 radical (unpaired) electrons. The standard InChI is InChI=1S/C11H22N2O2/c1-3-13-7-10(4-5-14)6-11(8-13)12-9(2)15/h10-11,14H,3-8H2,1-2H3,(H,12,15). The summed E-state index contributed by atoms with van der Waals surface area (Å²) in [6.07, 6.45) is 1.84. The van der Waals surface area contributed by atoms with E-state index in [1.807, 2.05) is 0 Å². The highest BCUT2D eigenvalue weighted by molar-refractivity contribution is 5.73. The fourth-order valence-electron chi connectivity index (χ4n) is 2.34. The van der Waals surface area contributed by atoms with Crippen LogP contribution in [0.15, 0.2) is 0 Å². The molecule has 0 aliphatic carbocycles. The van der Waals surface area contributed by atoms with Crippen molar-refractivity contribution in [2.75, 3.05) is 26.2 Å². The molecule has 1 aliphatic rings. The Balaban J connectivity index is 2.46. The molecular weight excluding hydrogens is 192 g/mol. The largest absolute Gasteiger partial charge is 0.396 e. The number of aliphatic hydroxyl groups is 1. The molecule has 4 heteroatoms. The molecule has 0 spiro atoms. The van der Waals surface area contributed by atoms with E-state index in [4.69, 9.17) is 5.11 Å². The first kappa shape index (κ1) is 12.5. The van der Waals surface area contributed by atoms with Gasteiger partial charge in [-0.3, -0.25) is 4.79 Å². The molecule has 1 rings (SSSR count). The van der Waals surface area contributed by atoms with Gasteiger partial charge in [-0.15, -0.1) is 0 Å². The summed E-state index contributed by atoms with van der Waals surface area (Å²) in [5, 5.41) is 11.9. The molecule has 1 fully saturated rings. The third-order valence-electron chi connectivity index (χ3n) is 3.00. The maximum atomic E-state index is 11.0. The van der Waals surface area contributed by atoms with Crippen LogP contribution in [0.5, 0.6) is 0 Å². The normalized spacial score (nSPS) is 27.7. The summed E-state index contributed by atoms with van der Waals surface area (Å²) in [6.45, 7) is 6.94. The molecule has 0 aromatic rings. The zero-order valence-corrected chi connectivity index (χ0v) is 9.70. The molecular formula is C11H22N2O2. The van der Waals surface area contributed by atoms with E-state index < -0.39 is 0 Å². The van der Waals surface area contributed by atoms with Crippen molar-refractivity contribution in [1.82, 2.24) is 10.2 Å². The summed E-state index contributed by atoms with van der Waals surface area (Å²) < 4.78 is 0. The van der Waals surface area contributed by atoms with Gasteiger partial charge >= 0.3 is 0 Å². The maximum Gasteiger partial charge on any atom is 0.217 e. The Morgan fingerprint density at radius 2 is 2.27 bits per heavy atom. The number of hydrogen-bond donors (Lipinski definition) is 2. The van der Waals surface area contributed by atoms with E-state index in [1.54, 1.807) is 6.92 Å². The number of nitrogens with zero attached hydrogens (tertiary/aromatic N) is 1. The number of nitrogens with one attached hydrogen (secondary N) is 1. The minimum absolute atomic E-state index is 0.0423. The van der Waals surface area contributed by atoms with Gasteiger partial charge in [-0.1, -0.05) is 6.92 Å². The van der Waals surface area contributed by atoms with Crippen LogP contribution in [0.1, 0.15) is 26.7 Å². The minimum Gasteiger partial charge on any atom is -0.396 e. The van der Waals surface area contributed by atoms with Gasteiger partial charge in [0.2, 0.25) is 5.91 Å². The lowest BCUT2D eigenvalue weighted by Gasteiger charge is -2.37. The van der Waals surface area contributed by atoms with Gasteiger partial charge < -0.3 is 15.3 Å². The second-order valence-corrected chi connectivity index (χ2v) is 4.36. The first-order valence-electron chi connectivity index (χ1n) is 5.76. The van der Waals surface area contributed by atoms with Gasteiger partial charge in [0.25, 0.3) is 0 Å². The monoisotopic (exact) mass is 214 g/mol. The van der Waals surface area contributed by atoms with Crippen LogP contribution in [0.3, 0.4) is 0 Å². The summed E-state index contributed by atoms with van der Waals surface area (Å²) in [7, 11) is 0. The van der Waals surface area contributed by atoms with Crippen LogP contribution in [-0.4, -0.2) is 48.2 Å². The fraction of sp³-hybridized carbons (Fsp3) is 0.909. The average Bonchev–Trinajstić information content (AvgIpc) is 2.16. The van der Waals surface area contributed by atoms with E-state index in [0.29, 0.717) is 5.92 Å². The van der Waals surface area contributed by atoms with Crippen molar-refractivity contribution in [3.05, 3.63) is 0 Å². The van der Waals surface area contributed by atoms with E-state index in [-0.39, 0.29) is 18.6 Å². The average molecular weight is 214 g/mol. The minimum atomic E-state index is 0.0423. The maximum absolute atomic E-state index is 11.0. The number of rotatable bonds is 4. The third kappa shape index (κ3) is 4.18. The number of aliphatic hydroxyl groups excluding tert-OH is 1. The molecule has 0 aromatic heterocycles. The van der Waals surface area contributed by atoms with Crippen LogP contribution in [-0.2, 0) is 4.79 Å². The topological polar surface area (TPSA) is 52.6 Å². The molecule has 15 heavy (non-hydrogen) atoms. The number of carbonyl (C=O) groups excluding carboxylic acids is 1. The zero-order valence-electron chi connectivity index (χ0n) is 9.70. The molecule has 0 saturated carbocycles. The van der Waals surface area contributed by atoms with Crippen LogP contribution < -0.4 is 5.32 Å². The van der Waals surface area contributed by atoms with Crippen molar-refractivity contribution in [3.63, 3.8) is 0 Å². The second kappa shape index (κ2) is 6.08. The van der Waals surface area contributed by atoms with Crippen LogP contribution in [0.25, 0.3) is 0 Å². The van der Waals surface area contributed by atoms with E-state index in [0.717, 1.165) is 32.5 Å². The van der Waals surface area contributed by atoms with Crippen molar-refractivity contribution in [2.24, 2.45) is 5.92 Å². The van der Waals surface area contributed by atoms with Gasteiger partial charge in [0.15, 0.2) is 0 Å². The smallest absolute Gasteiger partial charge is 0.217 e. The van der Waals surface area contributed by atoms with Crippen molar-refractivity contribution >= 4 is 5.91 Å². The Morgan fingerprint density at radius 3 is 2.80 bits per heavy atom. The first-order chi connectivity index (χ1) is 7.15. The Hall–Kier alpha value is -0.610. The van der Waals surface area contributed by atoms with Crippen molar-refractivity contribution in [2.45, 2.75) is 32.7 Å². The summed E-state index contributed by atoms with van der Waals surface area (Å²) in [5.74, 6) is 0.557. The molecule has 1 aliphatic heterocycles. The van der Waals surface area contributed by atoms with Crippen LogP contribution in [0, 0.1) is 5.92 Å². The van der Waals surface area contributed by atoms with E-state index in [1.165, 1.54) is 0 Å². The number of piperidine rings is 1. The molecule has 88 valence electrons. The van der Waals surface area contributed by atoms with Crippen molar-refractivity contribution < 1.29 is 9.90 Å². The van der Waals surface area contributed by atoms with Gasteiger partial charge in [-0.2, -0.15) is 0 Å². The van der Waals surface area contributed by atoms with Gasteiger partial charge in [-0.25, -0.2) is 0 Å². The Bertz CT molecular complexity index is 209. The van der Waals surface area contributed by atoms with Crippen molar-refractivity contribution in [3.8, 4) is 0 Å². The number of hydrogen-bond acceptors (Lipinski definition) is 3. The summed E-state index contributed by atoms with van der Waals surface area (Å²) >= 11 is 0. The van der Waals surface area contributed by atoms with Crippen LogP contribution >= 0.6 is 0 Å². The molecule has 4 nitrogen and oxygen atoms in total. The summed E-state index contributed by atoms with van der Waals surface area (Å²) in [5.41, 5.74) is 0. The predicted molar refractivity (Wildman–Crippen MR) is 59.5 cm³/mol. The number of carbonyl (C=O) groups is 1. The van der Waals surface area contributed by atoms with Gasteiger partial charge in [0.1, 0.15) is 0 Å². The lowest BCUT2D eigenvalue weighted by atomic mass is 9.91. The molecule has 2 atom stereocenters. The SMILES string of the molecule is CCN1CC(CCO)CC(NC(C)=O)C1. The molecule has 0 bridgehead atoms. The molecule has 2 N–H and O–H groups in total. The molecule has 1 amide bonds. The Labute approximate surface area is 91.6 Å². The van der Waals surface area contributed by atoms with E-state index in [9.17, 15) is 4.79 Å². The van der Waals surface area contributed by atoms with E-state index >= 15 is 0 Å². The highest BCUT2D eigenvalue weighted by atomic mass is 16.3. The van der Waals surface area contributed by atoms with Crippen LogP contribution in [0.2, 0.25) is 0 Å². The van der Waals surface area contributed by atoms with Crippen LogP contribution in [0.4, 0.5) is 0 Å². The number of likely N-dealkylation sites (tertiary alicyclic amines) is 1. The summed E-state index contributed by atoms with van der Waals surface area (Å²) in [4.78, 5) is 13.3. The highest BCUT2D eigenvalue weighted by Gasteiger charge is 2.26. The highest BCUT2D eigenvalue weighted by Crippen LogP contribution is 2.19. The van der Waals surface area contributed by atoms with Gasteiger partial charge in [-0.05, 0) is 25.3 Å². The second-order valence-electron chi connectivity index (χ2n) is 4.36. The Morgan fingerprint density at radius 1 is 1.53 bits per heavy atom. The quantitative estimate of drug-likeness (QED) is 0.703. The van der Waals surface area contributed by atoms with E-state index in [2.05, 4.69) is 17.1 Å².